The Bertz CT molecular complexity index is 865. The zero-order valence-corrected chi connectivity index (χ0v) is 16.5. The fourth-order valence-corrected chi connectivity index (χ4v) is 5.47. The Morgan fingerprint density at radius 2 is 1.82 bits per heavy atom. The lowest BCUT2D eigenvalue weighted by molar-refractivity contribution is -0.0249. The second kappa shape index (κ2) is 7.81. The number of carbonyl (C=O) groups is 1. The molecule has 28 heavy (non-hydrogen) atoms. The number of ether oxygens (including phenoxy) is 1. The van der Waals surface area contributed by atoms with Crippen LogP contribution in [0.25, 0.3) is 10.8 Å². The molecule has 2 fully saturated rings. The normalized spacial score (nSPS) is 32.7. The Morgan fingerprint density at radius 3 is 2.57 bits per heavy atom. The van der Waals surface area contributed by atoms with Gasteiger partial charge >= 0.3 is 5.97 Å². The summed E-state index contributed by atoms with van der Waals surface area (Å²) in [5.74, 6) is -0.487. The van der Waals surface area contributed by atoms with Crippen molar-refractivity contribution < 1.29 is 18.3 Å². The number of carbonyl (C=O) groups excluding carboxylic acids is 1. The minimum Gasteiger partial charge on any atom is -0.465 e. The third kappa shape index (κ3) is 3.42. The largest absolute Gasteiger partial charge is 0.465 e. The molecule has 0 N–H and O–H groups in total. The molecule has 0 bridgehead atoms. The van der Waals surface area contributed by atoms with Gasteiger partial charge in [0.05, 0.1) is 12.7 Å². The summed E-state index contributed by atoms with van der Waals surface area (Å²) in [6.07, 6.45) is 2.01. The number of fused-ring (bicyclic) bond motifs is 2. The second-order valence-electron chi connectivity index (χ2n) is 8.54. The van der Waals surface area contributed by atoms with Crippen LogP contribution in [-0.2, 0) is 4.74 Å². The summed E-state index contributed by atoms with van der Waals surface area (Å²) in [5, 5.41) is 1.88. The predicted octanol–water partition coefficient (Wildman–Crippen LogP) is 6.23. The van der Waals surface area contributed by atoms with E-state index in [-0.39, 0.29) is 17.8 Å². The van der Waals surface area contributed by atoms with Crippen LogP contribution in [0.2, 0.25) is 0 Å². The van der Waals surface area contributed by atoms with E-state index in [1.807, 2.05) is 24.3 Å². The van der Waals surface area contributed by atoms with Crippen molar-refractivity contribution in [3.63, 3.8) is 0 Å². The van der Waals surface area contributed by atoms with E-state index in [1.54, 1.807) is 12.1 Å². The van der Waals surface area contributed by atoms with Crippen molar-refractivity contribution in [3.8, 4) is 0 Å². The summed E-state index contributed by atoms with van der Waals surface area (Å²) < 4.78 is 35.1. The lowest BCUT2D eigenvalue weighted by Gasteiger charge is -2.46. The van der Waals surface area contributed by atoms with Gasteiger partial charge < -0.3 is 4.74 Å². The maximum Gasteiger partial charge on any atom is 0.337 e. The van der Waals surface area contributed by atoms with Gasteiger partial charge in [-0.25, -0.2) is 13.6 Å². The molecule has 6 unspecified atom stereocenters. The quantitative estimate of drug-likeness (QED) is 0.584. The Kier molecular flexibility index (Phi) is 5.39. The molecule has 150 valence electrons. The topological polar surface area (TPSA) is 26.3 Å². The van der Waals surface area contributed by atoms with Gasteiger partial charge in [0.2, 0.25) is 0 Å². The first-order valence-corrected chi connectivity index (χ1v) is 10.4. The first-order chi connectivity index (χ1) is 13.5. The third-order valence-electron chi connectivity index (χ3n) is 7.05. The number of alkyl halides is 2. The second-order valence-corrected chi connectivity index (χ2v) is 8.54. The molecular formula is C24H28F2O2. The maximum atomic E-state index is 15.5. The van der Waals surface area contributed by atoms with Gasteiger partial charge in [-0.05, 0) is 66.0 Å². The molecule has 0 aliphatic heterocycles. The summed E-state index contributed by atoms with van der Waals surface area (Å²) in [6.45, 7) is 2.11. The summed E-state index contributed by atoms with van der Waals surface area (Å²) in [6, 6.07) is 11.2. The first-order valence-electron chi connectivity index (χ1n) is 10.4. The van der Waals surface area contributed by atoms with Gasteiger partial charge in [-0.1, -0.05) is 37.6 Å². The highest BCUT2D eigenvalue weighted by Crippen LogP contribution is 2.50. The summed E-state index contributed by atoms with van der Waals surface area (Å²) in [7, 11) is 1.36. The van der Waals surface area contributed by atoms with Crippen LogP contribution in [0.3, 0.4) is 0 Å². The minimum atomic E-state index is -1.13. The van der Waals surface area contributed by atoms with Crippen LogP contribution in [-0.4, -0.2) is 25.4 Å². The molecule has 2 saturated carbocycles. The van der Waals surface area contributed by atoms with Crippen LogP contribution >= 0.6 is 0 Å². The van der Waals surface area contributed by atoms with E-state index in [1.165, 1.54) is 7.11 Å². The molecule has 2 aliphatic carbocycles. The lowest BCUT2D eigenvalue weighted by atomic mass is 9.61. The van der Waals surface area contributed by atoms with Crippen molar-refractivity contribution in [1.29, 1.82) is 0 Å². The Morgan fingerprint density at radius 1 is 1.07 bits per heavy atom. The van der Waals surface area contributed by atoms with E-state index in [0.717, 1.165) is 42.0 Å². The predicted molar refractivity (Wildman–Crippen MR) is 107 cm³/mol. The fourth-order valence-electron chi connectivity index (χ4n) is 5.47. The van der Waals surface area contributed by atoms with Gasteiger partial charge in [0.25, 0.3) is 0 Å². The highest BCUT2D eigenvalue weighted by Gasteiger charge is 2.48. The number of benzene rings is 2. The summed E-state index contributed by atoms with van der Waals surface area (Å²) in [4.78, 5) is 11.7. The highest BCUT2D eigenvalue weighted by molar-refractivity contribution is 5.95. The van der Waals surface area contributed by atoms with E-state index < -0.39 is 18.3 Å². The van der Waals surface area contributed by atoms with Gasteiger partial charge in [-0.2, -0.15) is 0 Å². The van der Waals surface area contributed by atoms with Crippen molar-refractivity contribution in [2.45, 2.75) is 57.3 Å². The standard InChI is InChI=1S/C24H28F2O2/c1-3-14-10-18-8-9-20(23(26)22(18)21(25)11-14)17-6-4-16-13-19(24(27)28-2)7-5-15(16)12-17/h4-7,12-14,18,20-23H,3,8-11H2,1-2H3. The molecule has 6 atom stereocenters. The Balaban J connectivity index is 1.59. The van der Waals surface area contributed by atoms with E-state index in [2.05, 4.69) is 6.92 Å². The van der Waals surface area contributed by atoms with Crippen molar-refractivity contribution in [2.75, 3.05) is 7.11 Å². The minimum absolute atomic E-state index is 0.183. The molecule has 2 aromatic carbocycles. The molecular weight excluding hydrogens is 358 g/mol. The van der Waals surface area contributed by atoms with E-state index in [0.29, 0.717) is 17.9 Å². The van der Waals surface area contributed by atoms with Gasteiger partial charge in [0, 0.05) is 11.8 Å². The van der Waals surface area contributed by atoms with Gasteiger partial charge in [-0.3, -0.25) is 0 Å². The van der Waals surface area contributed by atoms with Gasteiger partial charge in [0.1, 0.15) is 12.3 Å². The van der Waals surface area contributed by atoms with Crippen LogP contribution in [0, 0.1) is 17.8 Å². The monoisotopic (exact) mass is 386 g/mol. The fraction of sp³-hybridized carbons (Fsp3) is 0.542. The van der Waals surface area contributed by atoms with Crippen LogP contribution < -0.4 is 0 Å². The van der Waals surface area contributed by atoms with Gasteiger partial charge in [-0.15, -0.1) is 0 Å². The molecule has 0 saturated heterocycles. The number of esters is 1. The third-order valence-corrected chi connectivity index (χ3v) is 7.05. The van der Waals surface area contributed by atoms with Crippen LogP contribution in [0.1, 0.15) is 60.9 Å². The molecule has 2 aliphatic rings. The zero-order valence-electron chi connectivity index (χ0n) is 16.5. The van der Waals surface area contributed by atoms with Crippen LogP contribution in [0.5, 0.6) is 0 Å². The van der Waals surface area contributed by atoms with E-state index in [9.17, 15) is 9.18 Å². The highest BCUT2D eigenvalue weighted by atomic mass is 19.1. The number of halogens is 2. The Hall–Kier alpha value is -1.97. The Labute approximate surface area is 165 Å². The smallest absolute Gasteiger partial charge is 0.337 e. The number of rotatable bonds is 3. The maximum absolute atomic E-state index is 15.5. The molecule has 4 rings (SSSR count). The molecule has 2 nitrogen and oxygen atoms in total. The lowest BCUT2D eigenvalue weighted by Crippen LogP contribution is -2.45. The number of hydrogen-bond acceptors (Lipinski definition) is 2. The van der Waals surface area contributed by atoms with E-state index >= 15 is 4.39 Å². The van der Waals surface area contributed by atoms with Crippen LogP contribution in [0.4, 0.5) is 8.78 Å². The molecule has 4 heteroatoms. The van der Waals surface area contributed by atoms with Crippen molar-refractivity contribution >= 4 is 16.7 Å². The zero-order chi connectivity index (χ0) is 19.8. The van der Waals surface area contributed by atoms with Gasteiger partial charge in [0.15, 0.2) is 0 Å². The molecule has 0 spiro atoms. The average Bonchev–Trinajstić information content (AvgIpc) is 2.72. The van der Waals surface area contributed by atoms with Crippen molar-refractivity contribution in [1.82, 2.24) is 0 Å². The molecule has 0 heterocycles. The van der Waals surface area contributed by atoms with Crippen molar-refractivity contribution in [3.05, 3.63) is 47.5 Å². The summed E-state index contributed by atoms with van der Waals surface area (Å²) >= 11 is 0. The molecule has 2 aromatic rings. The number of hydrogen-bond donors (Lipinski definition) is 0. The first kappa shape index (κ1) is 19.4. The molecule has 0 radical (unpaired) electrons. The molecule has 0 amide bonds. The summed E-state index contributed by atoms with van der Waals surface area (Å²) in [5.41, 5.74) is 1.44. The SMILES string of the molecule is CCC1CC(F)C2C(CCC(c3ccc4cc(C(=O)OC)ccc4c3)C2F)C1. The van der Waals surface area contributed by atoms with E-state index in [4.69, 9.17) is 4.74 Å². The van der Waals surface area contributed by atoms with Crippen molar-refractivity contribution in [2.24, 2.45) is 17.8 Å². The van der Waals surface area contributed by atoms with Crippen LogP contribution in [0.15, 0.2) is 36.4 Å². The number of methoxy groups -OCH3 is 1. The molecule has 0 aromatic heterocycles. The average molecular weight is 386 g/mol.